The van der Waals surface area contributed by atoms with E-state index in [0.29, 0.717) is 19.0 Å². The quantitative estimate of drug-likeness (QED) is 0.885. The lowest BCUT2D eigenvalue weighted by atomic mass is 10.2. The Labute approximate surface area is 125 Å². The lowest BCUT2D eigenvalue weighted by Gasteiger charge is -2.08. The third kappa shape index (κ3) is 3.72. The molecule has 0 saturated heterocycles. The Morgan fingerprint density at radius 1 is 1.19 bits per heavy atom. The second kappa shape index (κ2) is 6.57. The minimum absolute atomic E-state index is 0.163. The van der Waals surface area contributed by atoms with Crippen LogP contribution in [0.3, 0.4) is 0 Å². The van der Waals surface area contributed by atoms with Gasteiger partial charge in [0, 0.05) is 11.9 Å². The Bertz CT molecular complexity index is 585. The van der Waals surface area contributed by atoms with E-state index in [2.05, 4.69) is 10.4 Å². The maximum absolute atomic E-state index is 12.0. The van der Waals surface area contributed by atoms with Crippen molar-refractivity contribution in [2.24, 2.45) is 0 Å². The molecule has 0 radical (unpaired) electrons. The molecule has 0 amide bonds. The molecule has 1 aromatic heterocycles. The first-order valence-corrected chi connectivity index (χ1v) is 7.66. The molecule has 0 aliphatic heterocycles. The number of nitrogens with one attached hydrogen (secondary N) is 1. The highest BCUT2D eigenvalue weighted by atomic mass is 16.1. The van der Waals surface area contributed by atoms with Crippen LogP contribution in [0.4, 0.5) is 5.69 Å². The monoisotopic (exact) mass is 283 g/mol. The van der Waals surface area contributed by atoms with Crippen molar-refractivity contribution in [2.45, 2.75) is 38.1 Å². The van der Waals surface area contributed by atoms with E-state index in [9.17, 15) is 4.79 Å². The molecule has 0 unspecified atom stereocenters. The molecule has 0 spiro atoms. The van der Waals surface area contributed by atoms with E-state index in [4.69, 9.17) is 0 Å². The minimum atomic E-state index is 0.163. The van der Waals surface area contributed by atoms with Crippen molar-refractivity contribution < 1.29 is 4.79 Å². The fraction of sp³-hybridized carbons (Fsp3) is 0.412. The topological polar surface area (TPSA) is 46.9 Å². The molecule has 1 fully saturated rings. The van der Waals surface area contributed by atoms with Crippen LogP contribution in [0.25, 0.3) is 0 Å². The number of para-hydroxylation sites is 1. The van der Waals surface area contributed by atoms with E-state index in [-0.39, 0.29) is 5.78 Å². The van der Waals surface area contributed by atoms with Crippen LogP contribution in [-0.2, 0) is 11.2 Å². The van der Waals surface area contributed by atoms with Crippen molar-refractivity contribution in [2.75, 3.05) is 11.9 Å². The van der Waals surface area contributed by atoms with Gasteiger partial charge < -0.3 is 5.32 Å². The highest BCUT2D eigenvalue weighted by Gasteiger charge is 2.17. The number of hydrogen-bond acceptors (Lipinski definition) is 3. The van der Waals surface area contributed by atoms with Crippen LogP contribution >= 0.6 is 0 Å². The second-order valence-corrected chi connectivity index (χ2v) is 5.66. The smallest absolute Gasteiger partial charge is 0.157 e. The van der Waals surface area contributed by atoms with Gasteiger partial charge in [-0.15, -0.1) is 0 Å². The fourth-order valence-corrected chi connectivity index (χ4v) is 2.86. The number of carbonyl (C=O) groups is 1. The molecule has 4 heteroatoms. The van der Waals surface area contributed by atoms with Gasteiger partial charge in [0.05, 0.1) is 24.7 Å². The zero-order valence-corrected chi connectivity index (χ0v) is 12.2. The third-order valence-corrected chi connectivity index (χ3v) is 4.00. The second-order valence-electron chi connectivity index (χ2n) is 5.66. The molecule has 0 bridgehead atoms. The lowest BCUT2D eigenvalue weighted by Crippen LogP contribution is -2.16. The van der Waals surface area contributed by atoms with Gasteiger partial charge in [-0.3, -0.25) is 9.48 Å². The van der Waals surface area contributed by atoms with Crippen LogP contribution in [0.15, 0.2) is 42.6 Å². The van der Waals surface area contributed by atoms with Crippen molar-refractivity contribution in [3.63, 3.8) is 0 Å². The lowest BCUT2D eigenvalue weighted by molar-refractivity contribution is -0.116. The molecule has 3 rings (SSSR count). The van der Waals surface area contributed by atoms with E-state index in [1.807, 2.05) is 47.3 Å². The average Bonchev–Trinajstić information content (AvgIpc) is 3.17. The average molecular weight is 283 g/mol. The van der Waals surface area contributed by atoms with Gasteiger partial charge in [0.2, 0.25) is 0 Å². The molecule has 0 atom stereocenters. The number of anilines is 1. The molecule has 1 aromatic carbocycles. The molecule has 110 valence electrons. The molecule has 1 aliphatic carbocycles. The van der Waals surface area contributed by atoms with E-state index in [1.165, 1.54) is 25.7 Å². The molecule has 1 aliphatic rings. The van der Waals surface area contributed by atoms with E-state index < -0.39 is 0 Å². The summed E-state index contributed by atoms with van der Waals surface area (Å²) in [6, 6.07) is 12.3. The molecule has 4 nitrogen and oxygen atoms in total. The number of nitrogens with zero attached hydrogens (tertiary/aromatic N) is 2. The number of hydrogen-bond donors (Lipinski definition) is 1. The van der Waals surface area contributed by atoms with Crippen molar-refractivity contribution in [1.82, 2.24) is 9.78 Å². The Hall–Kier alpha value is -2.10. The van der Waals surface area contributed by atoms with Gasteiger partial charge in [0.1, 0.15) is 0 Å². The maximum Gasteiger partial charge on any atom is 0.157 e. The number of rotatable bonds is 6. The first-order valence-electron chi connectivity index (χ1n) is 7.66. The normalized spacial score (nSPS) is 15.2. The Balaban J connectivity index is 1.50. The predicted molar refractivity (Wildman–Crippen MR) is 83.4 cm³/mol. The summed E-state index contributed by atoms with van der Waals surface area (Å²) in [5.74, 6) is 0.163. The number of ketones is 1. The molecule has 1 saturated carbocycles. The van der Waals surface area contributed by atoms with Crippen LogP contribution in [0, 0.1) is 0 Å². The SMILES string of the molecule is O=C(CNc1ccccc1)Cc1ccn(C2CCCC2)n1. The summed E-state index contributed by atoms with van der Waals surface area (Å²) < 4.78 is 2.04. The van der Waals surface area contributed by atoms with Gasteiger partial charge in [0.15, 0.2) is 5.78 Å². The minimum Gasteiger partial charge on any atom is -0.378 e. The zero-order valence-electron chi connectivity index (χ0n) is 12.2. The summed E-state index contributed by atoms with van der Waals surface area (Å²) >= 11 is 0. The summed E-state index contributed by atoms with van der Waals surface area (Å²) in [6.07, 6.45) is 7.43. The summed E-state index contributed by atoms with van der Waals surface area (Å²) in [5, 5.41) is 7.70. The Morgan fingerprint density at radius 3 is 2.71 bits per heavy atom. The summed E-state index contributed by atoms with van der Waals surface area (Å²) in [4.78, 5) is 12.0. The molecule has 2 aromatic rings. The van der Waals surface area contributed by atoms with Crippen molar-refractivity contribution >= 4 is 11.5 Å². The Morgan fingerprint density at radius 2 is 1.95 bits per heavy atom. The van der Waals surface area contributed by atoms with Crippen LogP contribution in [-0.4, -0.2) is 22.1 Å². The standard InChI is InChI=1S/C17H21N3O/c21-17(13-18-14-6-2-1-3-7-14)12-15-10-11-20(19-15)16-8-4-5-9-16/h1-3,6-7,10-11,16,18H,4-5,8-9,12-13H2. The first-order chi connectivity index (χ1) is 10.3. The zero-order chi connectivity index (χ0) is 14.5. The number of benzene rings is 1. The van der Waals surface area contributed by atoms with Gasteiger partial charge in [-0.25, -0.2) is 0 Å². The Kier molecular flexibility index (Phi) is 4.34. The van der Waals surface area contributed by atoms with Crippen LogP contribution in [0.1, 0.15) is 37.4 Å². The first kappa shape index (κ1) is 13.9. The van der Waals surface area contributed by atoms with Gasteiger partial charge in [-0.1, -0.05) is 31.0 Å². The van der Waals surface area contributed by atoms with Crippen molar-refractivity contribution in [1.29, 1.82) is 0 Å². The number of Topliss-reactive ketones (excluding diaryl/α,β-unsaturated/α-hetero) is 1. The van der Waals surface area contributed by atoms with Crippen LogP contribution < -0.4 is 5.32 Å². The number of carbonyl (C=O) groups excluding carboxylic acids is 1. The largest absolute Gasteiger partial charge is 0.378 e. The van der Waals surface area contributed by atoms with Gasteiger partial charge in [-0.05, 0) is 31.0 Å². The van der Waals surface area contributed by atoms with Crippen molar-refractivity contribution in [3.8, 4) is 0 Å². The third-order valence-electron chi connectivity index (χ3n) is 4.00. The predicted octanol–water partition coefficient (Wildman–Crippen LogP) is 3.22. The summed E-state index contributed by atoms with van der Waals surface area (Å²) in [7, 11) is 0. The van der Waals surface area contributed by atoms with E-state index >= 15 is 0 Å². The highest BCUT2D eigenvalue weighted by molar-refractivity contribution is 5.84. The van der Waals surface area contributed by atoms with E-state index in [0.717, 1.165) is 11.4 Å². The molecule has 21 heavy (non-hydrogen) atoms. The molecular weight excluding hydrogens is 262 g/mol. The molecular formula is C17H21N3O. The summed E-state index contributed by atoms with van der Waals surface area (Å²) in [6.45, 7) is 0.348. The maximum atomic E-state index is 12.0. The van der Waals surface area contributed by atoms with Gasteiger partial charge >= 0.3 is 0 Å². The van der Waals surface area contributed by atoms with Crippen LogP contribution in [0.2, 0.25) is 0 Å². The highest BCUT2D eigenvalue weighted by Crippen LogP contribution is 2.28. The molecule has 1 heterocycles. The summed E-state index contributed by atoms with van der Waals surface area (Å²) in [5.41, 5.74) is 1.85. The van der Waals surface area contributed by atoms with Gasteiger partial charge in [0.25, 0.3) is 0 Å². The molecule has 1 N–H and O–H groups in total. The van der Waals surface area contributed by atoms with Gasteiger partial charge in [-0.2, -0.15) is 5.10 Å². The van der Waals surface area contributed by atoms with Crippen LogP contribution in [0.5, 0.6) is 0 Å². The fourth-order valence-electron chi connectivity index (χ4n) is 2.86. The van der Waals surface area contributed by atoms with E-state index in [1.54, 1.807) is 0 Å². The van der Waals surface area contributed by atoms with Crippen molar-refractivity contribution in [3.05, 3.63) is 48.3 Å². The number of aromatic nitrogens is 2.